The van der Waals surface area contributed by atoms with Gasteiger partial charge in [-0.15, -0.1) is 0 Å². The summed E-state index contributed by atoms with van der Waals surface area (Å²) in [6, 6.07) is 20.9. The molecule has 0 saturated heterocycles. The molecule has 0 aromatic heterocycles. The molecule has 0 aliphatic heterocycles. The smallest absolute Gasteiger partial charge is 0.340 e. The molecule has 0 spiro atoms. The number of hydrogen-bond donors (Lipinski definition) is 1. The van der Waals surface area contributed by atoms with Gasteiger partial charge in [0, 0.05) is 23.6 Å². The fraction of sp³-hybridized carbons (Fsp3) is 0.130. The van der Waals surface area contributed by atoms with Crippen LogP contribution in [0.4, 0.5) is 5.69 Å². The Hall–Kier alpha value is -3.65. The van der Waals surface area contributed by atoms with Crippen LogP contribution in [0.2, 0.25) is 0 Å². The summed E-state index contributed by atoms with van der Waals surface area (Å²) < 4.78 is 34.8. The van der Waals surface area contributed by atoms with Crippen molar-refractivity contribution < 1.29 is 27.5 Å². The number of amides is 1. The van der Waals surface area contributed by atoms with Gasteiger partial charge in [0.1, 0.15) is 5.75 Å². The minimum Gasteiger partial charge on any atom is -0.497 e. The molecule has 0 fully saturated rings. The zero-order valence-corrected chi connectivity index (χ0v) is 17.8. The maximum atomic E-state index is 13.0. The summed E-state index contributed by atoms with van der Waals surface area (Å²) in [7, 11) is -2.16. The predicted molar refractivity (Wildman–Crippen MR) is 116 cm³/mol. The number of methoxy groups -OCH3 is 1. The van der Waals surface area contributed by atoms with Crippen molar-refractivity contribution in [2.45, 2.75) is 11.0 Å². The van der Waals surface area contributed by atoms with Crippen molar-refractivity contribution in [3.8, 4) is 5.75 Å². The normalized spacial score (nSPS) is 11.9. The summed E-state index contributed by atoms with van der Waals surface area (Å²) in [4.78, 5) is 25.7. The second-order valence-electron chi connectivity index (χ2n) is 6.69. The first-order chi connectivity index (χ1) is 14.8. The molecule has 3 aromatic rings. The standard InChI is InChI=1S/C23H21NO6S/c1-29-18-12-8-11-17(15-18)24-22(25)21(16-9-4-3-5-10-16)30-23(26)19-13-6-7-14-20(19)31(2,27)28/h3-15,21H,1-2H3,(H,24,25). The molecule has 7 nitrogen and oxygen atoms in total. The highest BCUT2D eigenvalue weighted by molar-refractivity contribution is 7.90. The maximum absolute atomic E-state index is 13.0. The Bertz CT molecular complexity index is 1190. The third-order valence-electron chi connectivity index (χ3n) is 4.41. The lowest BCUT2D eigenvalue weighted by molar-refractivity contribution is -0.125. The van der Waals surface area contributed by atoms with Gasteiger partial charge in [-0.2, -0.15) is 0 Å². The summed E-state index contributed by atoms with van der Waals surface area (Å²) >= 11 is 0. The first-order valence-electron chi connectivity index (χ1n) is 9.29. The van der Waals surface area contributed by atoms with Gasteiger partial charge in [-0.1, -0.05) is 48.5 Å². The first-order valence-corrected chi connectivity index (χ1v) is 11.2. The summed E-state index contributed by atoms with van der Waals surface area (Å²) in [5, 5.41) is 2.70. The highest BCUT2D eigenvalue weighted by atomic mass is 32.2. The molecule has 3 aromatic carbocycles. The average molecular weight is 439 g/mol. The van der Waals surface area contributed by atoms with Crippen LogP contribution in [-0.2, 0) is 19.4 Å². The van der Waals surface area contributed by atoms with E-state index in [4.69, 9.17) is 9.47 Å². The molecular formula is C23H21NO6S. The van der Waals surface area contributed by atoms with Gasteiger partial charge in [-0.05, 0) is 24.3 Å². The molecule has 31 heavy (non-hydrogen) atoms. The summed E-state index contributed by atoms with van der Waals surface area (Å²) in [6.07, 6.45) is -0.295. The number of anilines is 1. The topological polar surface area (TPSA) is 98.8 Å². The molecule has 0 bridgehead atoms. The van der Waals surface area contributed by atoms with Crippen molar-refractivity contribution in [1.29, 1.82) is 0 Å². The lowest BCUT2D eigenvalue weighted by Gasteiger charge is -2.19. The fourth-order valence-electron chi connectivity index (χ4n) is 2.94. The van der Waals surface area contributed by atoms with Gasteiger partial charge in [0.25, 0.3) is 5.91 Å². The highest BCUT2D eigenvalue weighted by Crippen LogP contribution is 2.25. The van der Waals surface area contributed by atoms with Gasteiger partial charge in [0.05, 0.1) is 17.6 Å². The Morgan fingerprint density at radius 3 is 2.26 bits per heavy atom. The highest BCUT2D eigenvalue weighted by Gasteiger charge is 2.28. The van der Waals surface area contributed by atoms with Crippen LogP contribution < -0.4 is 10.1 Å². The number of ether oxygens (including phenoxy) is 2. The zero-order chi connectivity index (χ0) is 22.4. The van der Waals surface area contributed by atoms with Crippen molar-refractivity contribution in [3.05, 3.63) is 90.0 Å². The molecule has 0 heterocycles. The van der Waals surface area contributed by atoms with E-state index in [0.717, 1.165) is 6.26 Å². The second kappa shape index (κ2) is 9.44. The maximum Gasteiger partial charge on any atom is 0.340 e. The minimum atomic E-state index is -3.67. The van der Waals surface area contributed by atoms with Crippen LogP contribution in [0, 0.1) is 0 Å². The number of carbonyl (C=O) groups is 2. The van der Waals surface area contributed by atoms with Crippen LogP contribution in [0.25, 0.3) is 0 Å². The molecular weight excluding hydrogens is 418 g/mol. The lowest BCUT2D eigenvalue weighted by Crippen LogP contribution is -2.26. The Morgan fingerprint density at radius 1 is 0.903 bits per heavy atom. The van der Waals surface area contributed by atoms with Crippen LogP contribution in [0.5, 0.6) is 5.75 Å². The largest absolute Gasteiger partial charge is 0.497 e. The number of rotatable bonds is 7. The Morgan fingerprint density at radius 2 is 1.58 bits per heavy atom. The summed E-state index contributed by atoms with van der Waals surface area (Å²) in [6.45, 7) is 0. The Kier molecular flexibility index (Phi) is 6.71. The van der Waals surface area contributed by atoms with E-state index in [-0.39, 0.29) is 10.5 Å². The average Bonchev–Trinajstić information content (AvgIpc) is 2.77. The van der Waals surface area contributed by atoms with Crippen LogP contribution in [0.1, 0.15) is 22.0 Å². The van der Waals surface area contributed by atoms with Crippen LogP contribution in [0.3, 0.4) is 0 Å². The molecule has 0 saturated carbocycles. The fourth-order valence-corrected chi connectivity index (χ4v) is 3.82. The van der Waals surface area contributed by atoms with Gasteiger partial charge in [-0.25, -0.2) is 13.2 Å². The Balaban J connectivity index is 1.92. The van der Waals surface area contributed by atoms with E-state index < -0.39 is 27.8 Å². The number of hydrogen-bond acceptors (Lipinski definition) is 6. The quantitative estimate of drug-likeness (QED) is 0.565. The van der Waals surface area contributed by atoms with E-state index >= 15 is 0 Å². The third-order valence-corrected chi connectivity index (χ3v) is 5.56. The first kappa shape index (κ1) is 22.0. The van der Waals surface area contributed by atoms with Crippen LogP contribution >= 0.6 is 0 Å². The van der Waals surface area contributed by atoms with E-state index in [2.05, 4.69) is 5.32 Å². The third kappa shape index (κ3) is 5.49. The van der Waals surface area contributed by atoms with Gasteiger partial charge in [0.2, 0.25) is 6.10 Å². The van der Waals surface area contributed by atoms with E-state index in [0.29, 0.717) is 17.0 Å². The molecule has 1 atom stereocenters. The SMILES string of the molecule is COc1cccc(NC(=O)C(OC(=O)c2ccccc2S(C)(=O)=O)c2ccccc2)c1. The van der Waals surface area contributed by atoms with E-state index in [1.165, 1.54) is 31.4 Å². The van der Waals surface area contributed by atoms with Crippen LogP contribution in [-0.4, -0.2) is 33.7 Å². The van der Waals surface area contributed by atoms with Gasteiger partial charge in [0.15, 0.2) is 9.84 Å². The van der Waals surface area contributed by atoms with Crippen molar-refractivity contribution in [2.75, 3.05) is 18.7 Å². The number of nitrogens with one attached hydrogen (secondary N) is 1. The van der Waals surface area contributed by atoms with E-state index in [9.17, 15) is 18.0 Å². The minimum absolute atomic E-state index is 0.139. The van der Waals surface area contributed by atoms with E-state index in [1.54, 1.807) is 54.6 Å². The van der Waals surface area contributed by atoms with Crippen molar-refractivity contribution in [1.82, 2.24) is 0 Å². The van der Waals surface area contributed by atoms with Gasteiger partial charge in [-0.3, -0.25) is 4.79 Å². The zero-order valence-electron chi connectivity index (χ0n) is 16.9. The molecule has 1 unspecified atom stereocenters. The van der Waals surface area contributed by atoms with E-state index in [1.807, 2.05) is 0 Å². The molecule has 0 radical (unpaired) electrons. The Labute approximate surface area is 180 Å². The number of sulfone groups is 1. The van der Waals surface area contributed by atoms with Crippen molar-refractivity contribution in [2.24, 2.45) is 0 Å². The molecule has 1 amide bonds. The molecule has 0 aliphatic carbocycles. The van der Waals surface area contributed by atoms with Gasteiger partial charge < -0.3 is 14.8 Å². The molecule has 8 heteroatoms. The molecule has 1 N–H and O–H groups in total. The molecule has 0 aliphatic rings. The number of carbonyl (C=O) groups excluding carboxylic acids is 2. The predicted octanol–water partition coefficient (Wildman–Crippen LogP) is 3.64. The van der Waals surface area contributed by atoms with Crippen molar-refractivity contribution in [3.63, 3.8) is 0 Å². The summed E-state index contributed by atoms with van der Waals surface area (Å²) in [5.41, 5.74) is 0.756. The summed E-state index contributed by atoms with van der Waals surface area (Å²) in [5.74, 6) is -0.964. The molecule has 160 valence electrons. The molecule has 3 rings (SSSR count). The number of esters is 1. The number of benzene rings is 3. The second-order valence-corrected chi connectivity index (χ2v) is 8.67. The monoisotopic (exact) mass is 439 g/mol. The lowest BCUT2D eigenvalue weighted by atomic mass is 10.1. The van der Waals surface area contributed by atoms with Crippen molar-refractivity contribution >= 4 is 27.4 Å². The van der Waals surface area contributed by atoms with Gasteiger partial charge >= 0.3 is 5.97 Å². The van der Waals surface area contributed by atoms with Crippen LogP contribution in [0.15, 0.2) is 83.8 Å².